The first-order chi connectivity index (χ1) is 10.0. The molecular formula is C16H15BrFNO2. The number of ether oxygens (including phenoxy) is 1. The van der Waals surface area contributed by atoms with Crippen molar-refractivity contribution >= 4 is 27.6 Å². The third-order valence-corrected chi connectivity index (χ3v) is 3.56. The Morgan fingerprint density at radius 2 is 2.05 bits per heavy atom. The smallest absolute Gasteiger partial charge is 0.339 e. The second kappa shape index (κ2) is 6.72. The number of aryl methyl sites for hydroxylation is 1. The molecule has 2 rings (SSSR count). The Morgan fingerprint density at radius 1 is 1.29 bits per heavy atom. The van der Waals surface area contributed by atoms with E-state index in [9.17, 15) is 9.18 Å². The summed E-state index contributed by atoms with van der Waals surface area (Å²) in [6, 6.07) is 10.3. The van der Waals surface area contributed by atoms with Gasteiger partial charge in [0.1, 0.15) is 5.82 Å². The fraction of sp³-hybridized carbons (Fsp3) is 0.188. The Bertz CT molecular complexity index is 673. The lowest BCUT2D eigenvalue weighted by molar-refractivity contribution is 0.0601. The van der Waals surface area contributed by atoms with Crippen LogP contribution in [0, 0.1) is 12.7 Å². The Hall–Kier alpha value is -1.88. The maximum atomic E-state index is 13.8. The van der Waals surface area contributed by atoms with E-state index in [0.717, 1.165) is 5.56 Å². The van der Waals surface area contributed by atoms with Crippen LogP contribution in [-0.4, -0.2) is 13.1 Å². The first-order valence-corrected chi connectivity index (χ1v) is 7.17. The average Bonchev–Trinajstić information content (AvgIpc) is 2.46. The molecule has 0 saturated heterocycles. The minimum atomic E-state index is -0.419. The highest BCUT2D eigenvalue weighted by molar-refractivity contribution is 9.10. The maximum absolute atomic E-state index is 13.8. The molecule has 0 bridgehead atoms. The maximum Gasteiger partial charge on any atom is 0.339 e. The van der Waals surface area contributed by atoms with Crippen molar-refractivity contribution in [3.63, 3.8) is 0 Å². The van der Waals surface area contributed by atoms with Gasteiger partial charge >= 0.3 is 5.97 Å². The number of methoxy groups -OCH3 is 1. The molecule has 0 aliphatic rings. The van der Waals surface area contributed by atoms with Crippen LogP contribution in [0.3, 0.4) is 0 Å². The SMILES string of the molecule is COC(=O)c1cc(C)ccc1NCc1ccc(Br)cc1F. The van der Waals surface area contributed by atoms with Crippen molar-refractivity contribution < 1.29 is 13.9 Å². The summed E-state index contributed by atoms with van der Waals surface area (Å²) in [4.78, 5) is 11.8. The van der Waals surface area contributed by atoms with Gasteiger partial charge in [-0.25, -0.2) is 9.18 Å². The number of hydrogen-bond donors (Lipinski definition) is 1. The number of esters is 1. The molecule has 3 nitrogen and oxygen atoms in total. The van der Waals surface area contributed by atoms with Crippen LogP contribution in [0.5, 0.6) is 0 Å². The summed E-state index contributed by atoms with van der Waals surface area (Å²) >= 11 is 3.22. The lowest BCUT2D eigenvalue weighted by Gasteiger charge is -2.12. The van der Waals surface area contributed by atoms with Crippen molar-refractivity contribution in [2.75, 3.05) is 12.4 Å². The molecule has 21 heavy (non-hydrogen) atoms. The van der Waals surface area contributed by atoms with Crippen LogP contribution >= 0.6 is 15.9 Å². The topological polar surface area (TPSA) is 38.3 Å². The van der Waals surface area contributed by atoms with Gasteiger partial charge in [-0.3, -0.25) is 0 Å². The minimum absolute atomic E-state index is 0.284. The molecule has 5 heteroatoms. The van der Waals surface area contributed by atoms with Gasteiger partial charge in [-0.05, 0) is 31.2 Å². The monoisotopic (exact) mass is 351 g/mol. The van der Waals surface area contributed by atoms with E-state index in [1.807, 2.05) is 13.0 Å². The molecule has 0 aromatic heterocycles. The molecule has 0 spiro atoms. The van der Waals surface area contributed by atoms with E-state index in [4.69, 9.17) is 4.74 Å². The largest absolute Gasteiger partial charge is 0.465 e. The fourth-order valence-corrected chi connectivity index (χ4v) is 2.28. The minimum Gasteiger partial charge on any atom is -0.465 e. The number of rotatable bonds is 4. The van der Waals surface area contributed by atoms with E-state index in [-0.39, 0.29) is 12.4 Å². The van der Waals surface area contributed by atoms with Crippen LogP contribution in [0.15, 0.2) is 40.9 Å². The molecular weight excluding hydrogens is 337 g/mol. The van der Waals surface area contributed by atoms with Crippen molar-refractivity contribution in [3.8, 4) is 0 Å². The van der Waals surface area contributed by atoms with E-state index in [0.29, 0.717) is 21.3 Å². The highest BCUT2D eigenvalue weighted by Gasteiger charge is 2.12. The van der Waals surface area contributed by atoms with Crippen LogP contribution in [-0.2, 0) is 11.3 Å². The quantitative estimate of drug-likeness (QED) is 0.834. The normalized spacial score (nSPS) is 10.3. The zero-order chi connectivity index (χ0) is 15.4. The predicted molar refractivity (Wildman–Crippen MR) is 83.9 cm³/mol. The van der Waals surface area contributed by atoms with Crippen LogP contribution in [0.4, 0.5) is 10.1 Å². The molecule has 0 unspecified atom stereocenters. The Kier molecular flexibility index (Phi) is 4.96. The zero-order valence-corrected chi connectivity index (χ0v) is 13.3. The number of benzene rings is 2. The molecule has 0 aliphatic heterocycles. The zero-order valence-electron chi connectivity index (χ0n) is 11.7. The van der Waals surface area contributed by atoms with Gasteiger partial charge in [-0.15, -0.1) is 0 Å². The summed E-state index contributed by atoms with van der Waals surface area (Å²) in [5.74, 6) is -0.721. The third kappa shape index (κ3) is 3.82. The summed E-state index contributed by atoms with van der Waals surface area (Å²) in [6.07, 6.45) is 0. The predicted octanol–water partition coefficient (Wildman–Crippen LogP) is 4.30. The Labute approximate surface area is 131 Å². The fourth-order valence-electron chi connectivity index (χ4n) is 1.95. The second-order valence-electron chi connectivity index (χ2n) is 4.63. The summed E-state index contributed by atoms with van der Waals surface area (Å²) in [7, 11) is 1.34. The van der Waals surface area contributed by atoms with Crippen molar-refractivity contribution in [1.82, 2.24) is 0 Å². The summed E-state index contributed by atoms with van der Waals surface area (Å²) in [5, 5.41) is 3.08. The average molecular weight is 352 g/mol. The number of hydrogen-bond acceptors (Lipinski definition) is 3. The van der Waals surface area contributed by atoms with Gasteiger partial charge in [0.25, 0.3) is 0 Å². The molecule has 0 aliphatic carbocycles. The standard InChI is InChI=1S/C16H15BrFNO2/c1-10-3-6-15(13(7-10)16(20)21-2)19-9-11-4-5-12(17)8-14(11)18/h3-8,19H,9H2,1-2H3. The first kappa shape index (κ1) is 15.5. The number of anilines is 1. The summed E-state index contributed by atoms with van der Waals surface area (Å²) in [5.41, 5.74) is 2.54. The number of carbonyl (C=O) groups excluding carboxylic acids is 1. The molecule has 0 radical (unpaired) electrons. The van der Waals surface area contributed by atoms with Gasteiger partial charge in [0.05, 0.1) is 12.7 Å². The molecule has 0 fully saturated rings. The number of carbonyl (C=O) groups is 1. The molecule has 0 atom stereocenters. The van der Waals surface area contributed by atoms with Crippen molar-refractivity contribution in [2.24, 2.45) is 0 Å². The van der Waals surface area contributed by atoms with E-state index < -0.39 is 5.97 Å². The summed E-state index contributed by atoms with van der Waals surface area (Å²) < 4.78 is 19.2. The molecule has 2 aromatic carbocycles. The lowest BCUT2D eigenvalue weighted by Crippen LogP contribution is -2.09. The molecule has 1 N–H and O–H groups in total. The van der Waals surface area contributed by atoms with Crippen molar-refractivity contribution in [2.45, 2.75) is 13.5 Å². The Morgan fingerprint density at radius 3 is 2.71 bits per heavy atom. The highest BCUT2D eigenvalue weighted by atomic mass is 79.9. The van der Waals surface area contributed by atoms with Gasteiger partial charge in [0, 0.05) is 22.3 Å². The molecule has 2 aromatic rings. The van der Waals surface area contributed by atoms with Crippen molar-refractivity contribution in [1.29, 1.82) is 0 Å². The van der Waals surface area contributed by atoms with Crippen molar-refractivity contribution in [3.05, 3.63) is 63.4 Å². The van der Waals surface area contributed by atoms with Crippen LogP contribution in [0.1, 0.15) is 21.5 Å². The van der Waals surface area contributed by atoms with Crippen LogP contribution < -0.4 is 5.32 Å². The second-order valence-corrected chi connectivity index (χ2v) is 5.55. The molecule has 0 amide bonds. The summed E-state index contributed by atoms with van der Waals surface area (Å²) in [6.45, 7) is 2.18. The molecule has 110 valence electrons. The molecule has 0 heterocycles. The third-order valence-electron chi connectivity index (χ3n) is 3.06. The van der Waals surface area contributed by atoms with Gasteiger partial charge in [-0.1, -0.05) is 33.6 Å². The van der Waals surface area contributed by atoms with Gasteiger partial charge in [-0.2, -0.15) is 0 Å². The van der Waals surface area contributed by atoms with E-state index in [2.05, 4.69) is 21.2 Å². The van der Waals surface area contributed by atoms with Crippen LogP contribution in [0.2, 0.25) is 0 Å². The van der Waals surface area contributed by atoms with Gasteiger partial charge in [0.2, 0.25) is 0 Å². The highest BCUT2D eigenvalue weighted by Crippen LogP contribution is 2.21. The van der Waals surface area contributed by atoms with Gasteiger partial charge in [0.15, 0.2) is 0 Å². The number of halogens is 2. The first-order valence-electron chi connectivity index (χ1n) is 6.38. The van der Waals surface area contributed by atoms with Crippen LogP contribution in [0.25, 0.3) is 0 Å². The lowest BCUT2D eigenvalue weighted by atomic mass is 10.1. The van der Waals surface area contributed by atoms with E-state index in [1.165, 1.54) is 13.2 Å². The van der Waals surface area contributed by atoms with Gasteiger partial charge < -0.3 is 10.1 Å². The number of nitrogens with one attached hydrogen (secondary N) is 1. The molecule has 0 saturated carbocycles. The van der Waals surface area contributed by atoms with E-state index >= 15 is 0 Å². The Balaban J connectivity index is 2.21. The van der Waals surface area contributed by atoms with E-state index in [1.54, 1.807) is 24.3 Å².